The van der Waals surface area contributed by atoms with Crippen molar-refractivity contribution in [2.24, 2.45) is 0 Å². The van der Waals surface area contributed by atoms with Gasteiger partial charge in [-0.15, -0.1) is 0 Å². The van der Waals surface area contributed by atoms with E-state index in [1.807, 2.05) is 30.6 Å². The number of fused-ring (bicyclic) bond motifs is 1. The molecule has 6 nitrogen and oxygen atoms in total. The fourth-order valence-corrected chi connectivity index (χ4v) is 4.21. The van der Waals surface area contributed by atoms with Gasteiger partial charge in [0.05, 0.1) is 5.69 Å². The summed E-state index contributed by atoms with van der Waals surface area (Å²) in [4.78, 5) is 20.4. The molecule has 1 aliphatic carbocycles. The van der Waals surface area contributed by atoms with Crippen LogP contribution in [0.15, 0.2) is 49.1 Å². The van der Waals surface area contributed by atoms with Gasteiger partial charge in [-0.3, -0.25) is 9.88 Å². The van der Waals surface area contributed by atoms with Gasteiger partial charge in [-0.2, -0.15) is 0 Å². The van der Waals surface area contributed by atoms with Crippen molar-refractivity contribution in [3.05, 3.63) is 65.9 Å². The summed E-state index contributed by atoms with van der Waals surface area (Å²) in [7, 11) is 0. The highest BCUT2D eigenvalue weighted by Gasteiger charge is 2.22. The molecule has 0 bridgehead atoms. The summed E-state index contributed by atoms with van der Waals surface area (Å²) < 4.78 is 6.21. The zero-order chi connectivity index (χ0) is 19.5. The number of hydrogen-bond acceptors (Lipinski definition) is 6. The number of aromatic nitrogens is 4. The lowest BCUT2D eigenvalue weighted by Crippen LogP contribution is -2.31. The third-order valence-electron chi connectivity index (χ3n) is 5.78. The number of nitrogens with zero attached hydrogens (tertiary/aromatic N) is 5. The Balaban J connectivity index is 1.29. The van der Waals surface area contributed by atoms with Crippen molar-refractivity contribution in [2.45, 2.75) is 51.3 Å². The molecule has 0 aromatic carbocycles. The predicted octanol–water partition coefficient (Wildman–Crippen LogP) is 3.81. The largest absolute Gasteiger partial charge is 0.474 e. The van der Waals surface area contributed by atoms with E-state index in [4.69, 9.17) is 9.72 Å². The van der Waals surface area contributed by atoms with Gasteiger partial charge in [-0.05, 0) is 43.9 Å². The molecule has 0 radical (unpaired) electrons. The van der Waals surface area contributed by atoms with Gasteiger partial charge in [0, 0.05) is 67.5 Å². The van der Waals surface area contributed by atoms with Crippen molar-refractivity contribution in [3.8, 4) is 17.3 Å². The zero-order valence-corrected chi connectivity index (χ0v) is 16.5. The molecule has 0 spiro atoms. The van der Waals surface area contributed by atoms with Crippen molar-refractivity contribution >= 4 is 0 Å². The molecule has 4 heterocycles. The van der Waals surface area contributed by atoms with Gasteiger partial charge in [-0.1, -0.05) is 6.07 Å². The van der Waals surface area contributed by atoms with Crippen LogP contribution in [0.3, 0.4) is 0 Å². The third-order valence-corrected chi connectivity index (χ3v) is 5.78. The quantitative estimate of drug-likeness (QED) is 0.663. The maximum atomic E-state index is 6.21. The highest BCUT2D eigenvalue weighted by molar-refractivity contribution is 5.54. The summed E-state index contributed by atoms with van der Waals surface area (Å²) in [5.41, 5.74) is 4.53. The van der Waals surface area contributed by atoms with Gasteiger partial charge in [0.2, 0.25) is 5.88 Å². The van der Waals surface area contributed by atoms with Gasteiger partial charge in [0.1, 0.15) is 6.10 Å². The maximum Gasteiger partial charge on any atom is 0.218 e. The van der Waals surface area contributed by atoms with Crippen LogP contribution in [-0.2, 0) is 19.5 Å². The molecule has 6 heteroatoms. The van der Waals surface area contributed by atoms with Gasteiger partial charge in [0.25, 0.3) is 0 Å². The van der Waals surface area contributed by atoms with Crippen molar-refractivity contribution in [1.82, 2.24) is 24.8 Å². The topological polar surface area (TPSA) is 64.0 Å². The molecule has 5 rings (SSSR count). The van der Waals surface area contributed by atoms with E-state index in [-0.39, 0.29) is 0 Å². The van der Waals surface area contributed by atoms with Crippen molar-refractivity contribution in [3.63, 3.8) is 0 Å². The lowest BCUT2D eigenvalue weighted by molar-refractivity contribution is 0.190. The summed E-state index contributed by atoms with van der Waals surface area (Å²) in [6.45, 7) is 2.66. The fraction of sp³-hybridized carbons (Fsp3) is 0.391. The monoisotopic (exact) mass is 387 g/mol. The molecule has 0 unspecified atom stereocenters. The SMILES string of the molecule is c1cnc(OC2CCCC2)c(CN2CCc3nc(-c4ccncc4)ncc3C2)c1. The normalized spacial score (nSPS) is 17.2. The van der Waals surface area contributed by atoms with E-state index in [2.05, 4.69) is 25.9 Å². The van der Waals surface area contributed by atoms with Crippen molar-refractivity contribution in [2.75, 3.05) is 6.54 Å². The molecule has 148 valence electrons. The van der Waals surface area contributed by atoms with Crippen LogP contribution in [0.25, 0.3) is 11.4 Å². The fourth-order valence-electron chi connectivity index (χ4n) is 4.21. The van der Waals surface area contributed by atoms with Gasteiger partial charge in [0.15, 0.2) is 5.82 Å². The Kier molecular flexibility index (Phi) is 5.17. The van der Waals surface area contributed by atoms with Crippen LogP contribution in [0.2, 0.25) is 0 Å². The average molecular weight is 387 g/mol. The molecule has 2 aliphatic rings. The highest BCUT2D eigenvalue weighted by Crippen LogP contribution is 2.27. The van der Waals surface area contributed by atoms with Crippen molar-refractivity contribution < 1.29 is 4.74 Å². The first-order valence-corrected chi connectivity index (χ1v) is 10.4. The summed E-state index contributed by atoms with van der Waals surface area (Å²) in [5.74, 6) is 1.58. The van der Waals surface area contributed by atoms with Crippen LogP contribution < -0.4 is 4.74 Å². The molecular formula is C23H25N5O. The standard InChI is InChI=1S/C23H25N5O/c1-2-6-20(5-1)29-23-18(4-3-10-25-23)15-28-13-9-21-19(16-28)14-26-22(27-21)17-7-11-24-12-8-17/h3-4,7-8,10-12,14,20H,1-2,5-6,9,13,15-16H2. The molecule has 0 atom stereocenters. The Morgan fingerprint density at radius 1 is 1.03 bits per heavy atom. The van der Waals surface area contributed by atoms with E-state index in [1.165, 1.54) is 18.4 Å². The Morgan fingerprint density at radius 2 is 1.90 bits per heavy atom. The number of ether oxygens (including phenoxy) is 1. The predicted molar refractivity (Wildman–Crippen MR) is 110 cm³/mol. The molecular weight excluding hydrogens is 362 g/mol. The second-order valence-electron chi connectivity index (χ2n) is 7.85. The second kappa shape index (κ2) is 8.25. The van der Waals surface area contributed by atoms with E-state index in [9.17, 15) is 0 Å². The number of hydrogen-bond donors (Lipinski definition) is 0. The Labute approximate surface area is 171 Å². The zero-order valence-electron chi connectivity index (χ0n) is 16.5. The molecule has 0 saturated heterocycles. The first kappa shape index (κ1) is 18.2. The average Bonchev–Trinajstić information content (AvgIpc) is 3.28. The van der Waals surface area contributed by atoms with Crippen LogP contribution in [0, 0.1) is 0 Å². The minimum absolute atomic E-state index is 0.325. The molecule has 29 heavy (non-hydrogen) atoms. The Hall–Kier alpha value is -2.86. The van der Waals surface area contributed by atoms with E-state index in [1.54, 1.807) is 12.4 Å². The smallest absolute Gasteiger partial charge is 0.218 e. The number of rotatable bonds is 5. The van der Waals surface area contributed by atoms with Crippen LogP contribution >= 0.6 is 0 Å². The Morgan fingerprint density at radius 3 is 2.76 bits per heavy atom. The summed E-state index contributed by atoms with van der Waals surface area (Å²) in [6, 6.07) is 8.03. The van der Waals surface area contributed by atoms with E-state index < -0.39 is 0 Å². The molecule has 1 fully saturated rings. The van der Waals surface area contributed by atoms with E-state index >= 15 is 0 Å². The summed E-state index contributed by atoms with van der Waals surface area (Å²) in [5, 5.41) is 0. The van der Waals surface area contributed by atoms with Gasteiger partial charge >= 0.3 is 0 Å². The summed E-state index contributed by atoms with van der Waals surface area (Å²) in [6.07, 6.45) is 13.4. The van der Waals surface area contributed by atoms with Crippen LogP contribution in [-0.4, -0.2) is 37.5 Å². The molecule has 3 aromatic rings. The molecule has 0 N–H and O–H groups in total. The minimum Gasteiger partial charge on any atom is -0.474 e. The first-order valence-electron chi connectivity index (χ1n) is 10.4. The third kappa shape index (κ3) is 4.12. The van der Waals surface area contributed by atoms with E-state index in [0.717, 1.165) is 67.4 Å². The minimum atomic E-state index is 0.325. The van der Waals surface area contributed by atoms with Crippen LogP contribution in [0.1, 0.15) is 42.5 Å². The lowest BCUT2D eigenvalue weighted by Gasteiger charge is -2.28. The molecule has 3 aromatic heterocycles. The van der Waals surface area contributed by atoms with E-state index in [0.29, 0.717) is 6.10 Å². The van der Waals surface area contributed by atoms with Gasteiger partial charge in [-0.25, -0.2) is 15.0 Å². The first-order chi connectivity index (χ1) is 14.3. The maximum absolute atomic E-state index is 6.21. The molecule has 1 aliphatic heterocycles. The van der Waals surface area contributed by atoms with Crippen molar-refractivity contribution in [1.29, 1.82) is 0 Å². The molecule has 0 amide bonds. The van der Waals surface area contributed by atoms with Crippen LogP contribution in [0.4, 0.5) is 0 Å². The second-order valence-corrected chi connectivity index (χ2v) is 7.85. The Bertz CT molecular complexity index is 972. The molecule has 1 saturated carbocycles. The lowest BCUT2D eigenvalue weighted by atomic mass is 10.1. The highest BCUT2D eigenvalue weighted by atomic mass is 16.5. The van der Waals surface area contributed by atoms with Gasteiger partial charge < -0.3 is 4.74 Å². The van der Waals surface area contributed by atoms with Crippen LogP contribution in [0.5, 0.6) is 5.88 Å². The number of pyridine rings is 2. The summed E-state index contributed by atoms with van der Waals surface area (Å²) >= 11 is 0.